The number of carbonyl (C=O) groups is 2. The van der Waals surface area contributed by atoms with Crippen LogP contribution in [0.15, 0.2) is 77.7 Å². The van der Waals surface area contributed by atoms with E-state index in [0.717, 1.165) is 47.5 Å². The van der Waals surface area contributed by atoms with E-state index >= 15 is 0 Å². The first-order valence-electron chi connectivity index (χ1n) is 14.6. The number of anilines is 1. The smallest absolute Gasteiger partial charge is 0.264 e. The van der Waals surface area contributed by atoms with Crippen molar-refractivity contribution >= 4 is 27.5 Å². The van der Waals surface area contributed by atoms with Gasteiger partial charge in [0.25, 0.3) is 10.0 Å². The van der Waals surface area contributed by atoms with Gasteiger partial charge in [0.1, 0.15) is 18.4 Å². The summed E-state index contributed by atoms with van der Waals surface area (Å²) in [5.41, 5.74) is 2.87. The van der Waals surface area contributed by atoms with Crippen LogP contribution in [0.1, 0.15) is 62.1 Å². The van der Waals surface area contributed by atoms with Gasteiger partial charge in [0, 0.05) is 12.6 Å². The van der Waals surface area contributed by atoms with Crippen molar-refractivity contribution in [1.29, 1.82) is 0 Å². The Kier molecular flexibility index (Phi) is 10.4. The molecule has 9 heteroatoms. The zero-order valence-corrected chi connectivity index (χ0v) is 25.4. The van der Waals surface area contributed by atoms with Crippen LogP contribution in [0, 0.1) is 19.7 Å². The van der Waals surface area contributed by atoms with Gasteiger partial charge in [-0.1, -0.05) is 62.6 Å². The summed E-state index contributed by atoms with van der Waals surface area (Å²) in [6.45, 7) is 5.17. The van der Waals surface area contributed by atoms with Gasteiger partial charge in [-0.3, -0.25) is 13.9 Å². The van der Waals surface area contributed by atoms with Gasteiger partial charge in [-0.05, 0) is 86.2 Å². The molecule has 1 N–H and O–H groups in total. The minimum absolute atomic E-state index is 0.0296. The Bertz CT molecular complexity index is 1470. The van der Waals surface area contributed by atoms with Gasteiger partial charge < -0.3 is 10.2 Å². The number of nitrogens with one attached hydrogen (secondary N) is 1. The fourth-order valence-corrected chi connectivity index (χ4v) is 6.81. The van der Waals surface area contributed by atoms with Crippen LogP contribution in [-0.4, -0.2) is 43.8 Å². The summed E-state index contributed by atoms with van der Waals surface area (Å²) >= 11 is 0. The van der Waals surface area contributed by atoms with Crippen molar-refractivity contribution in [1.82, 2.24) is 10.2 Å². The molecule has 1 aliphatic carbocycles. The third kappa shape index (κ3) is 7.56. The average molecular weight is 594 g/mol. The number of carbonyl (C=O) groups excluding carboxylic acids is 2. The zero-order chi connectivity index (χ0) is 30.3. The van der Waals surface area contributed by atoms with Crippen LogP contribution in [0.5, 0.6) is 0 Å². The molecule has 42 heavy (non-hydrogen) atoms. The molecule has 4 rings (SSSR count). The van der Waals surface area contributed by atoms with E-state index < -0.39 is 34.3 Å². The summed E-state index contributed by atoms with van der Waals surface area (Å²) < 4.78 is 42.7. The van der Waals surface area contributed by atoms with Crippen molar-refractivity contribution < 1.29 is 22.4 Å². The molecule has 1 aliphatic rings. The molecule has 0 saturated heterocycles. The van der Waals surface area contributed by atoms with E-state index in [-0.39, 0.29) is 23.4 Å². The number of benzene rings is 3. The fraction of sp³-hybridized carbons (Fsp3) is 0.394. The monoisotopic (exact) mass is 593 g/mol. The maximum atomic E-state index is 14.2. The number of rotatable bonds is 11. The molecule has 1 saturated carbocycles. The second-order valence-electron chi connectivity index (χ2n) is 11.0. The summed E-state index contributed by atoms with van der Waals surface area (Å²) in [6, 6.07) is 18.2. The molecule has 0 heterocycles. The summed E-state index contributed by atoms with van der Waals surface area (Å²) in [6.07, 6.45) is 5.35. The summed E-state index contributed by atoms with van der Waals surface area (Å²) in [5.74, 6) is -1.19. The maximum Gasteiger partial charge on any atom is 0.264 e. The molecule has 7 nitrogen and oxygen atoms in total. The molecule has 3 aromatic rings. The number of sulfonamides is 1. The molecule has 0 bridgehead atoms. The van der Waals surface area contributed by atoms with Crippen molar-refractivity contribution in [3.8, 4) is 0 Å². The largest absolute Gasteiger partial charge is 0.352 e. The van der Waals surface area contributed by atoms with Crippen molar-refractivity contribution in [3.05, 3.63) is 95.3 Å². The Balaban J connectivity index is 1.71. The highest BCUT2D eigenvalue weighted by atomic mass is 32.2. The molecule has 1 unspecified atom stereocenters. The lowest BCUT2D eigenvalue weighted by Gasteiger charge is -2.34. The maximum absolute atomic E-state index is 14.2. The lowest BCUT2D eigenvalue weighted by Crippen LogP contribution is -2.54. The highest BCUT2D eigenvalue weighted by Gasteiger charge is 2.34. The summed E-state index contributed by atoms with van der Waals surface area (Å²) in [7, 11) is -4.13. The van der Waals surface area contributed by atoms with Gasteiger partial charge in [0.2, 0.25) is 11.8 Å². The van der Waals surface area contributed by atoms with E-state index in [1.807, 2.05) is 26.8 Å². The van der Waals surface area contributed by atoms with Crippen molar-refractivity contribution in [2.24, 2.45) is 0 Å². The first-order valence-corrected chi connectivity index (χ1v) is 16.0. The van der Waals surface area contributed by atoms with Gasteiger partial charge >= 0.3 is 0 Å². The van der Waals surface area contributed by atoms with Crippen LogP contribution >= 0.6 is 0 Å². The summed E-state index contributed by atoms with van der Waals surface area (Å²) in [4.78, 5) is 29.3. The number of halogens is 1. The number of hydrogen-bond acceptors (Lipinski definition) is 4. The van der Waals surface area contributed by atoms with E-state index in [2.05, 4.69) is 5.32 Å². The SMILES string of the molecule is CCC(C(=O)NC1CCCCC1)N(Cc1ccc(F)cc1)C(=O)CN(c1ccc(C)c(C)c1)S(=O)(=O)c1ccccc1. The molecule has 2 amide bonds. The zero-order valence-electron chi connectivity index (χ0n) is 24.6. The number of amides is 2. The van der Waals surface area contributed by atoms with E-state index in [1.54, 1.807) is 42.5 Å². The molecule has 3 aromatic carbocycles. The minimum Gasteiger partial charge on any atom is -0.352 e. The van der Waals surface area contributed by atoms with Crippen LogP contribution in [0.3, 0.4) is 0 Å². The average Bonchev–Trinajstić information content (AvgIpc) is 2.99. The standard InChI is InChI=1S/C33H40FN3O4S/c1-4-31(33(39)35-28-11-7-5-8-12-28)36(22-26-16-18-27(34)19-17-26)32(38)23-37(29-20-15-24(2)25(3)21-29)42(40,41)30-13-9-6-10-14-30/h6,9-10,13-21,28,31H,4-5,7-8,11-12,22-23H2,1-3H3,(H,35,39). The fourth-order valence-electron chi connectivity index (χ4n) is 5.38. The highest BCUT2D eigenvalue weighted by Crippen LogP contribution is 2.27. The van der Waals surface area contributed by atoms with Crippen LogP contribution < -0.4 is 9.62 Å². The second-order valence-corrected chi connectivity index (χ2v) is 12.9. The van der Waals surface area contributed by atoms with Crippen LogP contribution in [-0.2, 0) is 26.2 Å². The lowest BCUT2D eigenvalue weighted by molar-refractivity contribution is -0.140. The lowest BCUT2D eigenvalue weighted by atomic mass is 9.95. The van der Waals surface area contributed by atoms with Crippen LogP contribution in [0.25, 0.3) is 0 Å². The Morgan fingerprint density at radius 1 is 0.929 bits per heavy atom. The molecule has 1 fully saturated rings. The highest BCUT2D eigenvalue weighted by molar-refractivity contribution is 7.92. The predicted octanol–water partition coefficient (Wildman–Crippen LogP) is 5.89. The first-order chi connectivity index (χ1) is 20.1. The van der Waals surface area contributed by atoms with Gasteiger partial charge in [-0.25, -0.2) is 12.8 Å². The normalized spacial score (nSPS) is 14.7. The van der Waals surface area contributed by atoms with E-state index in [4.69, 9.17) is 0 Å². The quantitative estimate of drug-likeness (QED) is 0.300. The third-order valence-corrected chi connectivity index (χ3v) is 9.78. The van der Waals surface area contributed by atoms with Crippen LogP contribution in [0.4, 0.5) is 10.1 Å². The molecular weight excluding hydrogens is 553 g/mol. The van der Waals surface area contributed by atoms with Crippen molar-refractivity contribution in [2.75, 3.05) is 10.8 Å². The molecule has 0 radical (unpaired) electrons. The topological polar surface area (TPSA) is 86.8 Å². The summed E-state index contributed by atoms with van der Waals surface area (Å²) in [5, 5.41) is 3.13. The Labute approximate surface area is 248 Å². The van der Waals surface area contributed by atoms with E-state index in [9.17, 15) is 22.4 Å². The molecule has 0 spiro atoms. The molecular formula is C33H40FN3O4S. The van der Waals surface area contributed by atoms with Crippen molar-refractivity contribution in [2.45, 2.75) is 82.8 Å². The number of hydrogen-bond donors (Lipinski definition) is 1. The molecule has 0 aliphatic heterocycles. The molecule has 0 aromatic heterocycles. The van der Waals surface area contributed by atoms with Gasteiger partial charge in [0.05, 0.1) is 10.6 Å². The third-order valence-electron chi connectivity index (χ3n) is 7.99. The number of aryl methyl sites for hydroxylation is 2. The van der Waals surface area contributed by atoms with Gasteiger partial charge in [0.15, 0.2) is 0 Å². The predicted molar refractivity (Wildman–Crippen MR) is 163 cm³/mol. The van der Waals surface area contributed by atoms with E-state index in [1.165, 1.54) is 29.2 Å². The van der Waals surface area contributed by atoms with Crippen molar-refractivity contribution in [3.63, 3.8) is 0 Å². The molecule has 224 valence electrons. The Morgan fingerprint density at radius 3 is 2.21 bits per heavy atom. The first kappa shape index (κ1) is 31.2. The molecule has 1 atom stereocenters. The minimum atomic E-state index is -4.13. The number of nitrogens with zero attached hydrogens (tertiary/aromatic N) is 2. The Hall–Kier alpha value is -3.72. The second kappa shape index (κ2) is 14.0. The van der Waals surface area contributed by atoms with Gasteiger partial charge in [-0.15, -0.1) is 0 Å². The van der Waals surface area contributed by atoms with E-state index in [0.29, 0.717) is 17.7 Å². The van der Waals surface area contributed by atoms with Gasteiger partial charge in [-0.2, -0.15) is 0 Å². The van der Waals surface area contributed by atoms with Crippen LogP contribution in [0.2, 0.25) is 0 Å². The Morgan fingerprint density at radius 2 is 1.60 bits per heavy atom.